The van der Waals surface area contributed by atoms with Gasteiger partial charge in [0.2, 0.25) is 11.8 Å². The lowest BCUT2D eigenvalue weighted by Gasteiger charge is -2.15. The first-order valence-corrected chi connectivity index (χ1v) is 8.65. The van der Waals surface area contributed by atoms with Crippen LogP contribution in [0.4, 0.5) is 0 Å². The van der Waals surface area contributed by atoms with Gasteiger partial charge < -0.3 is 20.0 Å². The molecule has 0 aliphatic carbocycles. The molecular formula is C17H29N5O2. The van der Waals surface area contributed by atoms with Crippen LogP contribution >= 0.6 is 0 Å². The van der Waals surface area contributed by atoms with Crippen LogP contribution in [0.25, 0.3) is 0 Å². The smallest absolute Gasteiger partial charge is 0.244 e. The van der Waals surface area contributed by atoms with E-state index in [1.807, 2.05) is 11.8 Å². The van der Waals surface area contributed by atoms with Crippen molar-refractivity contribution < 1.29 is 9.21 Å². The Morgan fingerprint density at radius 1 is 1.33 bits per heavy atom. The number of carbonyl (C=O) groups excluding carboxylic acids is 1. The first-order valence-electron chi connectivity index (χ1n) is 8.65. The molecule has 0 bridgehead atoms. The van der Waals surface area contributed by atoms with Gasteiger partial charge in [-0.2, -0.15) is 0 Å². The molecule has 2 N–H and O–H groups in total. The summed E-state index contributed by atoms with van der Waals surface area (Å²) in [6.07, 6.45) is 3.94. The van der Waals surface area contributed by atoms with Crippen LogP contribution in [-0.2, 0) is 16.8 Å². The van der Waals surface area contributed by atoms with Crippen LogP contribution < -0.4 is 10.6 Å². The topological polar surface area (TPSA) is 82.8 Å². The quantitative estimate of drug-likeness (QED) is 0.631. The molecule has 1 aromatic heterocycles. The summed E-state index contributed by atoms with van der Waals surface area (Å²) in [6.45, 7) is 11.3. The summed E-state index contributed by atoms with van der Waals surface area (Å²) in [5, 5.41) is 6.29. The fourth-order valence-corrected chi connectivity index (χ4v) is 2.45. The molecule has 1 aliphatic rings. The van der Waals surface area contributed by atoms with Crippen molar-refractivity contribution in [1.82, 2.24) is 20.5 Å². The predicted octanol–water partition coefficient (Wildman–Crippen LogP) is 1.65. The first kappa shape index (κ1) is 18.3. The predicted molar refractivity (Wildman–Crippen MR) is 93.8 cm³/mol. The molecule has 134 valence electrons. The van der Waals surface area contributed by atoms with E-state index in [2.05, 4.69) is 41.4 Å². The van der Waals surface area contributed by atoms with Crippen LogP contribution in [-0.4, -0.2) is 47.9 Å². The number of hydrogen-bond donors (Lipinski definition) is 2. The lowest BCUT2D eigenvalue weighted by Crippen LogP contribution is -2.38. The molecule has 0 atom stereocenters. The van der Waals surface area contributed by atoms with Crippen LogP contribution in [0.3, 0.4) is 0 Å². The van der Waals surface area contributed by atoms with Crippen LogP contribution in [0.1, 0.15) is 52.2 Å². The lowest BCUT2D eigenvalue weighted by atomic mass is 9.94. The van der Waals surface area contributed by atoms with Crippen LogP contribution in [0.15, 0.2) is 15.6 Å². The second kappa shape index (κ2) is 8.17. The van der Waals surface area contributed by atoms with Crippen LogP contribution in [0.5, 0.6) is 0 Å². The Hall–Kier alpha value is -2.05. The number of aliphatic imine (C=N–C) groups is 1. The first-order chi connectivity index (χ1) is 11.4. The SMILES string of the molecule is CCNC(=NCC(=O)N1CCCC1)NCc1ncc(C(C)(C)C)o1. The van der Waals surface area contributed by atoms with E-state index in [1.165, 1.54) is 0 Å². The van der Waals surface area contributed by atoms with Crippen molar-refractivity contribution in [3.05, 3.63) is 17.8 Å². The number of hydrogen-bond acceptors (Lipinski definition) is 4. The minimum atomic E-state index is -0.0635. The molecule has 2 heterocycles. The number of nitrogens with zero attached hydrogens (tertiary/aromatic N) is 3. The van der Waals surface area contributed by atoms with Gasteiger partial charge in [-0.25, -0.2) is 9.98 Å². The van der Waals surface area contributed by atoms with E-state index < -0.39 is 0 Å². The zero-order valence-corrected chi connectivity index (χ0v) is 15.2. The van der Waals surface area contributed by atoms with Gasteiger partial charge in [-0.3, -0.25) is 4.79 Å². The van der Waals surface area contributed by atoms with Gasteiger partial charge in [0.1, 0.15) is 12.3 Å². The zero-order valence-electron chi connectivity index (χ0n) is 15.2. The standard InChI is InChI=1S/C17H29N5O2/c1-5-18-16(21-12-15(23)22-8-6-7-9-22)20-11-14-19-10-13(24-14)17(2,3)4/h10H,5-9,11-12H2,1-4H3,(H2,18,20,21). The van der Waals surface area contributed by atoms with Gasteiger partial charge in [0.15, 0.2) is 5.96 Å². The second-order valence-corrected chi connectivity index (χ2v) is 7.00. The van der Waals surface area contributed by atoms with Gasteiger partial charge in [-0.1, -0.05) is 20.8 Å². The highest BCUT2D eigenvalue weighted by molar-refractivity contribution is 5.85. The van der Waals surface area contributed by atoms with Gasteiger partial charge in [0, 0.05) is 25.0 Å². The highest BCUT2D eigenvalue weighted by atomic mass is 16.4. The lowest BCUT2D eigenvalue weighted by molar-refractivity contribution is -0.128. The Kier molecular flexibility index (Phi) is 6.23. The molecule has 1 fully saturated rings. The van der Waals surface area contributed by atoms with E-state index in [-0.39, 0.29) is 17.9 Å². The number of nitrogens with one attached hydrogen (secondary N) is 2. The average molecular weight is 335 g/mol. The molecule has 0 aromatic carbocycles. The summed E-state index contributed by atoms with van der Waals surface area (Å²) in [7, 11) is 0. The van der Waals surface area contributed by atoms with Crippen molar-refractivity contribution in [3.63, 3.8) is 0 Å². The van der Waals surface area contributed by atoms with E-state index in [4.69, 9.17) is 4.42 Å². The molecule has 7 nitrogen and oxygen atoms in total. The molecule has 0 radical (unpaired) electrons. The molecule has 2 rings (SSSR count). The van der Waals surface area contributed by atoms with Crippen molar-refractivity contribution in [3.8, 4) is 0 Å². The van der Waals surface area contributed by atoms with Crippen molar-refractivity contribution in [2.75, 3.05) is 26.2 Å². The summed E-state index contributed by atoms with van der Waals surface area (Å²) >= 11 is 0. The van der Waals surface area contributed by atoms with Crippen molar-refractivity contribution in [1.29, 1.82) is 0 Å². The Morgan fingerprint density at radius 3 is 2.62 bits per heavy atom. The van der Waals surface area contributed by atoms with Gasteiger partial charge in [0.05, 0.1) is 12.7 Å². The Labute approximate surface area is 143 Å². The monoisotopic (exact) mass is 335 g/mol. The van der Waals surface area contributed by atoms with E-state index in [0.717, 1.165) is 38.2 Å². The van der Waals surface area contributed by atoms with Gasteiger partial charge in [-0.05, 0) is 19.8 Å². The zero-order chi connectivity index (χ0) is 17.6. The average Bonchev–Trinajstić information content (AvgIpc) is 3.20. The fraction of sp³-hybridized carbons (Fsp3) is 0.706. The highest BCUT2D eigenvalue weighted by Crippen LogP contribution is 2.22. The molecule has 1 saturated heterocycles. The Morgan fingerprint density at radius 2 is 2.04 bits per heavy atom. The largest absolute Gasteiger partial charge is 0.443 e. The molecule has 7 heteroatoms. The Balaban J connectivity index is 1.89. The van der Waals surface area contributed by atoms with Crippen LogP contribution in [0, 0.1) is 0 Å². The Bertz CT molecular complexity index is 568. The number of rotatable bonds is 5. The summed E-state index contributed by atoms with van der Waals surface area (Å²) < 4.78 is 5.75. The maximum Gasteiger partial charge on any atom is 0.244 e. The van der Waals surface area contributed by atoms with E-state index in [1.54, 1.807) is 6.20 Å². The molecule has 1 amide bonds. The summed E-state index contributed by atoms with van der Waals surface area (Å²) in [4.78, 5) is 22.6. The number of guanidine groups is 1. The normalized spacial score (nSPS) is 15.7. The van der Waals surface area contributed by atoms with Gasteiger partial charge in [-0.15, -0.1) is 0 Å². The number of carbonyl (C=O) groups is 1. The summed E-state index contributed by atoms with van der Waals surface area (Å²) in [6, 6.07) is 0. The number of oxazole rings is 1. The highest BCUT2D eigenvalue weighted by Gasteiger charge is 2.19. The van der Waals surface area contributed by atoms with Crippen LogP contribution in [0.2, 0.25) is 0 Å². The number of amides is 1. The molecule has 0 saturated carbocycles. The van der Waals surface area contributed by atoms with Gasteiger partial charge >= 0.3 is 0 Å². The van der Waals surface area contributed by atoms with Gasteiger partial charge in [0.25, 0.3) is 0 Å². The minimum Gasteiger partial charge on any atom is -0.443 e. The maximum absolute atomic E-state index is 12.1. The van der Waals surface area contributed by atoms with E-state index >= 15 is 0 Å². The maximum atomic E-state index is 12.1. The minimum absolute atomic E-state index is 0.0635. The molecule has 0 spiro atoms. The van der Waals surface area contributed by atoms with E-state index in [9.17, 15) is 4.79 Å². The second-order valence-electron chi connectivity index (χ2n) is 7.00. The molecule has 24 heavy (non-hydrogen) atoms. The third-order valence-electron chi connectivity index (χ3n) is 3.88. The molecule has 1 aliphatic heterocycles. The molecule has 0 unspecified atom stereocenters. The van der Waals surface area contributed by atoms with Crippen molar-refractivity contribution >= 4 is 11.9 Å². The van der Waals surface area contributed by atoms with Crippen molar-refractivity contribution in [2.24, 2.45) is 4.99 Å². The van der Waals surface area contributed by atoms with E-state index in [0.29, 0.717) is 18.4 Å². The summed E-state index contributed by atoms with van der Waals surface area (Å²) in [5.74, 6) is 2.14. The fourth-order valence-electron chi connectivity index (χ4n) is 2.45. The van der Waals surface area contributed by atoms with Crippen molar-refractivity contribution in [2.45, 2.75) is 52.5 Å². The molecule has 1 aromatic rings. The molecular weight excluding hydrogens is 306 g/mol. The third-order valence-corrected chi connectivity index (χ3v) is 3.88. The third kappa shape index (κ3) is 5.25. The number of likely N-dealkylation sites (tertiary alicyclic amines) is 1. The number of aromatic nitrogens is 1. The summed E-state index contributed by atoms with van der Waals surface area (Å²) in [5.41, 5.74) is -0.0635.